The van der Waals surface area contributed by atoms with Gasteiger partial charge in [0, 0.05) is 43.0 Å². The van der Waals surface area contributed by atoms with E-state index >= 15 is 4.39 Å². The minimum absolute atomic E-state index is 0.196. The molecule has 0 fully saturated rings. The van der Waals surface area contributed by atoms with Crippen LogP contribution in [-0.4, -0.2) is 58.7 Å². The molecule has 214 valence electrons. The molecular formula is C31H38FN3O5. The van der Waals surface area contributed by atoms with Crippen LogP contribution in [0.15, 0.2) is 42.5 Å². The van der Waals surface area contributed by atoms with Crippen molar-refractivity contribution in [2.75, 3.05) is 25.0 Å². The summed E-state index contributed by atoms with van der Waals surface area (Å²) in [4.78, 5) is 41.0. The molecule has 0 bridgehead atoms. The lowest BCUT2D eigenvalue weighted by atomic mass is 9.97. The lowest BCUT2D eigenvalue weighted by Gasteiger charge is -2.31. The average molecular weight is 552 g/mol. The molecule has 2 aromatic rings. The van der Waals surface area contributed by atoms with E-state index in [4.69, 9.17) is 9.47 Å². The second-order valence-corrected chi connectivity index (χ2v) is 12.2. The van der Waals surface area contributed by atoms with Crippen molar-refractivity contribution >= 4 is 29.4 Å². The van der Waals surface area contributed by atoms with Crippen molar-refractivity contribution in [3.63, 3.8) is 0 Å². The highest BCUT2D eigenvalue weighted by molar-refractivity contribution is 6.04. The predicted octanol–water partition coefficient (Wildman–Crippen LogP) is 6.40. The van der Waals surface area contributed by atoms with Crippen LogP contribution in [0.5, 0.6) is 0 Å². The molecule has 0 aromatic heterocycles. The summed E-state index contributed by atoms with van der Waals surface area (Å²) < 4.78 is 26.0. The summed E-state index contributed by atoms with van der Waals surface area (Å²) in [5.41, 5.74) is 2.84. The third kappa shape index (κ3) is 7.40. The standard InChI is InChI=1S/C31H38FN3O5/c1-30(2,3)39-28(37)34-14-12-21(13-15-34)25-10-8-22(18-26(25)32)27(36)33-24-9-7-20-11-16-35(19-23(20)17-24)29(38)40-31(4,5)6/h7-10,12,17-18H,11,13-16,19H2,1-6H3,(H,33,36). The predicted molar refractivity (Wildman–Crippen MR) is 152 cm³/mol. The van der Waals surface area contributed by atoms with Gasteiger partial charge in [-0.05, 0) is 95.3 Å². The first-order valence-electron chi connectivity index (χ1n) is 13.6. The van der Waals surface area contributed by atoms with E-state index in [-0.39, 0.29) is 11.7 Å². The number of benzene rings is 2. The Morgan fingerprint density at radius 3 is 2.08 bits per heavy atom. The molecule has 3 amide bonds. The molecular weight excluding hydrogens is 513 g/mol. The summed E-state index contributed by atoms with van der Waals surface area (Å²) >= 11 is 0. The van der Waals surface area contributed by atoms with E-state index in [2.05, 4.69) is 5.32 Å². The normalized spacial score (nSPS) is 15.6. The number of amides is 3. The number of carbonyl (C=O) groups excluding carboxylic acids is 3. The number of fused-ring (bicyclic) bond motifs is 1. The topological polar surface area (TPSA) is 88.2 Å². The van der Waals surface area contributed by atoms with Gasteiger partial charge in [0.15, 0.2) is 0 Å². The first kappa shape index (κ1) is 29.1. The average Bonchev–Trinajstić information content (AvgIpc) is 2.86. The monoisotopic (exact) mass is 551 g/mol. The zero-order valence-corrected chi connectivity index (χ0v) is 24.1. The van der Waals surface area contributed by atoms with E-state index in [0.29, 0.717) is 50.3 Å². The fourth-order valence-corrected chi connectivity index (χ4v) is 4.64. The molecule has 2 heterocycles. The molecule has 0 spiro atoms. The third-order valence-corrected chi connectivity index (χ3v) is 6.57. The summed E-state index contributed by atoms with van der Waals surface area (Å²) in [5, 5.41) is 2.84. The number of ether oxygens (including phenoxy) is 2. The molecule has 0 radical (unpaired) electrons. The minimum Gasteiger partial charge on any atom is -0.444 e. The molecule has 0 saturated carbocycles. The highest BCUT2D eigenvalue weighted by Gasteiger charge is 2.27. The Balaban J connectivity index is 1.40. The smallest absolute Gasteiger partial charge is 0.410 e. The largest absolute Gasteiger partial charge is 0.444 e. The maximum atomic E-state index is 15.1. The maximum absolute atomic E-state index is 15.1. The van der Waals surface area contributed by atoms with E-state index in [0.717, 1.165) is 16.7 Å². The van der Waals surface area contributed by atoms with E-state index in [9.17, 15) is 14.4 Å². The Morgan fingerprint density at radius 1 is 0.825 bits per heavy atom. The highest BCUT2D eigenvalue weighted by Crippen LogP contribution is 2.28. The molecule has 0 aliphatic carbocycles. The number of hydrogen-bond donors (Lipinski definition) is 1. The molecule has 2 aliphatic rings. The van der Waals surface area contributed by atoms with Crippen LogP contribution in [0.3, 0.4) is 0 Å². The minimum atomic E-state index is -0.580. The van der Waals surface area contributed by atoms with E-state index in [1.807, 2.05) is 65.8 Å². The van der Waals surface area contributed by atoms with Crippen molar-refractivity contribution in [2.24, 2.45) is 0 Å². The fourth-order valence-electron chi connectivity index (χ4n) is 4.64. The number of rotatable bonds is 3. The van der Waals surface area contributed by atoms with E-state index in [1.54, 1.807) is 21.9 Å². The molecule has 8 nitrogen and oxygen atoms in total. The molecule has 9 heteroatoms. The highest BCUT2D eigenvalue weighted by atomic mass is 19.1. The van der Waals surface area contributed by atoms with Crippen LogP contribution in [0, 0.1) is 5.82 Å². The lowest BCUT2D eigenvalue weighted by Crippen LogP contribution is -2.39. The van der Waals surface area contributed by atoms with E-state index < -0.39 is 29.0 Å². The number of carbonyl (C=O) groups is 3. The fraction of sp³-hybridized carbons (Fsp3) is 0.452. The van der Waals surface area contributed by atoms with Crippen molar-refractivity contribution < 1.29 is 28.2 Å². The molecule has 2 aliphatic heterocycles. The molecule has 0 atom stereocenters. The van der Waals surface area contributed by atoms with Gasteiger partial charge in [-0.1, -0.05) is 18.2 Å². The summed E-state index contributed by atoms with van der Waals surface area (Å²) in [6.07, 6.45) is 2.24. The van der Waals surface area contributed by atoms with Gasteiger partial charge in [0.05, 0.1) is 0 Å². The van der Waals surface area contributed by atoms with Gasteiger partial charge < -0.3 is 24.6 Å². The van der Waals surface area contributed by atoms with Gasteiger partial charge in [0.2, 0.25) is 0 Å². The third-order valence-electron chi connectivity index (χ3n) is 6.57. The molecule has 0 saturated heterocycles. The Labute approximate surface area is 235 Å². The SMILES string of the molecule is CC(C)(C)OC(=O)N1CC=C(c2ccc(C(=O)Nc3ccc4c(c3)CN(C(=O)OC(C)(C)C)CC4)cc2F)CC1. The van der Waals surface area contributed by atoms with Gasteiger partial charge in [-0.2, -0.15) is 0 Å². The van der Waals surface area contributed by atoms with Crippen LogP contribution in [0.4, 0.5) is 19.7 Å². The Kier molecular flexibility index (Phi) is 8.23. The van der Waals surface area contributed by atoms with Crippen LogP contribution < -0.4 is 5.32 Å². The van der Waals surface area contributed by atoms with Crippen LogP contribution >= 0.6 is 0 Å². The number of hydrogen-bond acceptors (Lipinski definition) is 5. The van der Waals surface area contributed by atoms with Gasteiger partial charge in [-0.25, -0.2) is 14.0 Å². The van der Waals surface area contributed by atoms with Crippen LogP contribution in [0.2, 0.25) is 0 Å². The molecule has 40 heavy (non-hydrogen) atoms. The number of anilines is 1. The number of nitrogens with one attached hydrogen (secondary N) is 1. The molecule has 1 N–H and O–H groups in total. The Morgan fingerprint density at radius 2 is 1.48 bits per heavy atom. The van der Waals surface area contributed by atoms with Gasteiger partial charge in [-0.3, -0.25) is 4.79 Å². The van der Waals surface area contributed by atoms with Crippen molar-refractivity contribution in [1.82, 2.24) is 9.80 Å². The second-order valence-electron chi connectivity index (χ2n) is 12.2. The number of halogens is 1. The molecule has 0 unspecified atom stereocenters. The van der Waals surface area contributed by atoms with Crippen molar-refractivity contribution in [3.05, 3.63) is 70.5 Å². The van der Waals surface area contributed by atoms with Crippen molar-refractivity contribution in [2.45, 2.75) is 72.1 Å². The zero-order valence-electron chi connectivity index (χ0n) is 24.1. The van der Waals surface area contributed by atoms with Crippen molar-refractivity contribution in [1.29, 1.82) is 0 Å². The summed E-state index contributed by atoms with van der Waals surface area (Å²) in [7, 11) is 0. The van der Waals surface area contributed by atoms with E-state index in [1.165, 1.54) is 6.07 Å². The van der Waals surface area contributed by atoms with Crippen LogP contribution in [-0.2, 0) is 22.4 Å². The van der Waals surface area contributed by atoms with Gasteiger partial charge in [0.1, 0.15) is 17.0 Å². The summed E-state index contributed by atoms with van der Waals surface area (Å²) in [6.45, 7) is 12.6. The van der Waals surface area contributed by atoms with Gasteiger partial charge in [-0.15, -0.1) is 0 Å². The molecule has 2 aromatic carbocycles. The Bertz CT molecular complexity index is 1340. The first-order valence-corrected chi connectivity index (χ1v) is 13.6. The molecule has 4 rings (SSSR count). The van der Waals surface area contributed by atoms with Crippen LogP contribution in [0.25, 0.3) is 5.57 Å². The van der Waals surface area contributed by atoms with Crippen molar-refractivity contribution in [3.8, 4) is 0 Å². The van der Waals surface area contributed by atoms with Gasteiger partial charge >= 0.3 is 12.2 Å². The van der Waals surface area contributed by atoms with Gasteiger partial charge in [0.25, 0.3) is 5.91 Å². The maximum Gasteiger partial charge on any atom is 0.410 e. The number of nitrogens with zero attached hydrogens (tertiary/aromatic N) is 2. The quantitative estimate of drug-likeness (QED) is 0.477. The summed E-state index contributed by atoms with van der Waals surface area (Å²) in [6, 6.07) is 10.0. The van der Waals surface area contributed by atoms with Crippen LogP contribution in [0.1, 0.15) is 75.0 Å². The Hall–Kier alpha value is -3.88. The second kappa shape index (κ2) is 11.3. The first-order chi connectivity index (χ1) is 18.7. The zero-order chi connectivity index (χ0) is 29.2. The summed E-state index contributed by atoms with van der Waals surface area (Å²) in [5.74, 6) is -0.929. The lowest BCUT2D eigenvalue weighted by molar-refractivity contribution is 0.0221.